The van der Waals surface area contributed by atoms with Gasteiger partial charge in [0.25, 0.3) is 0 Å². The number of hydrogen-bond donors (Lipinski definition) is 0. The highest BCUT2D eigenvalue weighted by Gasteiger charge is 2.24. The van der Waals surface area contributed by atoms with Gasteiger partial charge >= 0.3 is 0 Å². The van der Waals surface area contributed by atoms with Crippen molar-refractivity contribution in [2.24, 2.45) is 0 Å². The predicted molar refractivity (Wildman–Crippen MR) is 84.9 cm³/mol. The molecule has 0 saturated carbocycles. The van der Waals surface area contributed by atoms with Crippen LogP contribution in [0.4, 0.5) is 0 Å². The van der Waals surface area contributed by atoms with Gasteiger partial charge < -0.3 is 14.0 Å². The van der Waals surface area contributed by atoms with E-state index in [9.17, 15) is 0 Å². The number of rotatable bonds is 7. The van der Waals surface area contributed by atoms with Gasteiger partial charge in [0.15, 0.2) is 0 Å². The molecule has 118 valence electrons. The first-order valence-corrected chi connectivity index (χ1v) is 7.78. The van der Waals surface area contributed by atoms with Crippen molar-refractivity contribution in [2.75, 3.05) is 26.8 Å². The lowest BCUT2D eigenvalue weighted by Gasteiger charge is -2.17. The highest BCUT2D eigenvalue weighted by Crippen LogP contribution is 2.19. The van der Waals surface area contributed by atoms with Gasteiger partial charge in [-0.3, -0.25) is 4.90 Å². The lowest BCUT2D eigenvalue weighted by molar-refractivity contribution is 0.182. The molecule has 22 heavy (non-hydrogen) atoms. The third kappa shape index (κ3) is 3.87. The summed E-state index contributed by atoms with van der Waals surface area (Å²) in [4.78, 5) is 6.87. The smallest absolute Gasteiger partial charge is 0.122 e. The van der Waals surface area contributed by atoms with Crippen molar-refractivity contribution in [3.63, 3.8) is 0 Å². The first-order valence-electron chi connectivity index (χ1n) is 7.78. The van der Waals surface area contributed by atoms with Crippen molar-refractivity contribution >= 4 is 0 Å². The molecule has 1 aliphatic heterocycles. The summed E-state index contributed by atoms with van der Waals surface area (Å²) in [6.45, 7) is 4.43. The second kappa shape index (κ2) is 7.42. The second-order valence-electron chi connectivity index (χ2n) is 5.61. The largest absolute Gasteiger partial charge is 0.489 e. The standard InChI is InChI=1S/C17H23N3O2/c1-21-12-11-20-10-8-18-17(20)14-19-9-7-16(13-19)22-15-5-3-2-4-6-15/h2-6,8,10,16H,7,9,11-14H2,1H3/t16-/m0/s1. The Kier molecular flexibility index (Phi) is 5.08. The Bertz CT molecular complexity index is 570. The Morgan fingerprint density at radius 3 is 2.95 bits per heavy atom. The van der Waals surface area contributed by atoms with E-state index in [2.05, 4.69) is 14.5 Å². The van der Waals surface area contributed by atoms with Gasteiger partial charge in [-0.05, 0) is 18.6 Å². The van der Waals surface area contributed by atoms with Crippen LogP contribution in [0.1, 0.15) is 12.2 Å². The molecular formula is C17H23N3O2. The summed E-state index contributed by atoms with van der Waals surface area (Å²) in [6, 6.07) is 10.1. The summed E-state index contributed by atoms with van der Waals surface area (Å²) in [5, 5.41) is 0. The van der Waals surface area contributed by atoms with E-state index in [-0.39, 0.29) is 6.10 Å². The highest BCUT2D eigenvalue weighted by atomic mass is 16.5. The zero-order chi connectivity index (χ0) is 15.2. The normalized spacial score (nSPS) is 18.7. The molecule has 5 nitrogen and oxygen atoms in total. The molecule has 5 heteroatoms. The zero-order valence-corrected chi connectivity index (χ0v) is 13.0. The maximum Gasteiger partial charge on any atom is 0.122 e. The topological polar surface area (TPSA) is 39.5 Å². The van der Waals surface area contributed by atoms with Crippen molar-refractivity contribution in [3.8, 4) is 5.75 Å². The monoisotopic (exact) mass is 301 g/mol. The minimum atomic E-state index is 0.268. The number of methoxy groups -OCH3 is 1. The van der Waals surface area contributed by atoms with Crippen LogP contribution in [0.25, 0.3) is 0 Å². The number of aromatic nitrogens is 2. The van der Waals surface area contributed by atoms with Crippen molar-refractivity contribution in [1.29, 1.82) is 0 Å². The number of ether oxygens (including phenoxy) is 2. The van der Waals surface area contributed by atoms with Gasteiger partial charge in [-0.1, -0.05) is 18.2 Å². The van der Waals surface area contributed by atoms with Gasteiger partial charge in [-0.25, -0.2) is 4.98 Å². The van der Waals surface area contributed by atoms with Crippen LogP contribution in [-0.2, 0) is 17.8 Å². The van der Waals surface area contributed by atoms with E-state index in [0.29, 0.717) is 6.61 Å². The number of para-hydroxylation sites is 1. The molecule has 0 N–H and O–H groups in total. The van der Waals surface area contributed by atoms with Gasteiger partial charge in [0, 0.05) is 39.1 Å². The predicted octanol–water partition coefficient (Wildman–Crippen LogP) is 2.18. The van der Waals surface area contributed by atoms with Crippen LogP contribution in [0, 0.1) is 0 Å². The summed E-state index contributed by atoms with van der Waals surface area (Å²) in [5.74, 6) is 2.05. The molecule has 0 radical (unpaired) electrons. The summed E-state index contributed by atoms with van der Waals surface area (Å²) in [7, 11) is 1.72. The van der Waals surface area contributed by atoms with Crippen molar-refractivity contribution < 1.29 is 9.47 Å². The first kappa shape index (κ1) is 15.1. The fraction of sp³-hybridized carbons (Fsp3) is 0.471. The van der Waals surface area contributed by atoms with Crippen LogP contribution >= 0.6 is 0 Å². The molecule has 1 fully saturated rings. The number of nitrogens with zero attached hydrogens (tertiary/aromatic N) is 3. The van der Waals surface area contributed by atoms with Crippen molar-refractivity contribution in [2.45, 2.75) is 25.6 Å². The quantitative estimate of drug-likeness (QED) is 0.786. The van der Waals surface area contributed by atoms with Crippen molar-refractivity contribution in [3.05, 3.63) is 48.5 Å². The van der Waals surface area contributed by atoms with Crippen LogP contribution in [0.5, 0.6) is 5.75 Å². The van der Waals surface area contributed by atoms with Crippen LogP contribution in [0.3, 0.4) is 0 Å². The minimum Gasteiger partial charge on any atom is -0.489 e. The SMILES string of the molecule is COCCn1ccnc1CN1CC[C@H](Oc2ccccc2)C1. The lowest BCUT2D eigenvalue weighted by atomic mass is 10.3. The van der Waals surface area contributed by atoms with E-state index >= 15 is 0 Å². The molecule has 3 rings (SSSR count). The lowest BCUT2D eigenvalue weighted by Crippen LogP contribution is -2.26. The molecule has 2 heterocycles. The minimum absolute atomic E-state index is 0.268. The van der Waals surface area contributed by atoms with E-state index in [0.717, 1.165) is 44.2 Å². The molecule has 1 aliphatic rings. The highest BCUT2D eigenvalue weighted by molar-refractivity contribution is 5.21. The molecule has 1 atom stereocenters. The van der Waals surface area contributed by atoms with E-state index in [1.54, 1.807) is 7.11 Å². The third-order valence-corrected chi connectivity index (χ3v) is 3.98. The summed E-state index contributed by atoms with van der Waals surface area (Å²) in [6.07, 6.45) is 5.21. The molecule has 0 bridgehead atoms. The average molecular weight is 301 g/mol. The Morgan fingerprint density at radius 2 is 2.14 bits per heavy atom. The average Bonchev–Trinajstić information content (AvgIpc) is 3.16. The van der Waals surface area contributed by atoms with E-state index in [1.165, 1.54) is 0 Å². The van der Waals surface area contributed by atoms with Gasteiger partial charge in [0.1, 0.15) is 17.7 Å². The number of benzene rings is 1. The summed E-state index contributed by atoms with van der Waals surface area (Å²) in [5.41, 5.74) is 0. The number of likely N-dealkylation sites (tertiary alicyclic amines) is 1. The molecule has 2 aromatic rings. The Hall–Kier alpha value is -1.85. The van der Waals surface area contributed by atoms with E-state index < -0.39 is 0 Å². The van der Waals surface area contributed by atoms with Crippen LogP contribution in [0.2, 0.25) is 0 Å². The fourth-order valence-corrected chi connectivity index (χ4v) is 2.81. The van der Waals surface area contributed by atoms with E-state index in [1.807, 2.05) is 42.7 Å². The van der Waals surface area contributed by atoms with Gasteiger partial charge in [0.2, 0.25) is 0 Å². The Morgan fingerprint density at radius 1 is 1.27 bits per heavy atom. The second-order valence-corrected chi connectivity index (χ2v) is 5.61. The first-order chi connectivity index (χ1) is 10.8. The number of hydrogen-bond acceptors (Lipinski definition) is 4. The molecule has 0 amide bonds. The third-order valence-electron chi connectivity index (χ3n) is 3.98. The molecule has 1 saturated heterocycles. The van der Waals surface area contributed by atoms with Crippen LogP contribution in [0.15, 0.2) is 42.7 Å². The van der Waals surface area contributed by atoms with E-state index in [4.69, 9.17) is 9.47 Å². The molecule has 0 spiro atoms. The fourth-order valence-electron chi connectivity index (χ4n) is 2.81. The molecule has 1 aromatic heterocycles. The zero-order valence-electron chi connectivity index (χ0n) is 13.0. The summed E-state index contributed by atoms with van der Waals surface area (Å²) >= 11 is 0. The maximum atomic E-state index is 6.03. The molecule has 0 unspecified atom stereocenters. The van der Waals surface area contributed by atoms with Crippen LogP contribution < -0.4 is 4.74 Å². The maximum absolute atomic E-state index is 6.03. The van der Waals surface area contributed by atoms with Crippen molar-refractivity contribution in [1.82, 2.24) is 14.5 Å². The van der Waals surface area contributed by atoms with Gasteiger partial charge in [-0.15, -0.1) is 0 Å². The number of imidazole rings is 1. The van der Waals surface area contributed by atoms with Gasteiger partial charge in [-0.2, -0.15) is 0 Å². The summed E-state index contributed by atoms with van der Waals surface area (Å²) < 4.78 is 13.3. The molecular weight excluding hydrogens is 278 g/mol. The Labute approximate surface area is 131 Å². The Balaban J connectivity index is 1.52. The van der Waals surface area contributed by atoms with Gasteiger partial charge in [0.05, 0.1) is 13.2 Å². The molecule has 0 aliphatic carbocycles. The van der Waals surface area contributed by atoms with Crippen LogP contribution in [-0.4, -0.2) is 47.4 Å². The molecule has 1 aromatic carbocycles.